The van der Waals surface area contributed by atoms with Gasteiger partial charge in [0.1, 0.15) is 0 Å². The molecular formula is C16H23ClN2O2. The van der Waals surface area contributed by atoms with E-state index in [0.717, 1.165) is 25.7 Å². The van der Waals surface area contributed by atoms with E-state index in [9.17, 15) is 10.1 Å². The van der Waals surface area contributed by atoms with Gasteiger partial charge in [0.15, 0.2) is 0 Å². The molecule has 0 bridgehead atoms. The SMILES string of the molecule is CC(C)C1CCC(N)(Cc2c(Cl)cccc2[N+](=O)[O-])CC1. The van der Waals surface area contributed by atoms with Crippen LogP contribution in [0.3, 0.4) is 0 Å². The lowest BCUT2D eigenvalue weighted by Crippen LogP contribution is -2.46. The third-order valence-corrected chi connectivity index (χ3v) is 5.14. The van der Waals surface area contributed by atoms with Crippen molar-refractivity contribution in [3.05, 3.63) is 38.9 Å². The number of halogens is 1. The molecule has 0 aromatic heterocycles. The molecule has 0 amide bonds. The topological polar surface area (TPSA) is 69.2 Å². The lowest BCUT2D eigenvalue weighted by molar-refractivity contribution is -0.385. The van der Waals surface area contributed by atoms with Crippen LogP contribution in [-0.2, 0) is 6.42 Å². The second-order valence-corrected chi connectivity index (χ2v) is 7.02. The molecule has 1 aromatic rings. The highest BCUT2D eigenvalue weighted by Crippen LogP contribution is 2.39. The molecule has 0 saturated heterocycles. The Morgan fingerprint density at radius 3 is 2.57 bits per heavy atom. The van der Waals surface area contributed by atoms with E-state index in [0.29, 0.717) is 28.8 Å². The van der Waals surface area contributed by atoms with Crippen molar-refractivity contribution in [2.45, 2.75) is 51.5 Å². The first-order chi connectivity index (χ1) is 9.82. The summed E-state index contributed by atoms with van der Waals surface area (Å²) in [5, 5.41) is 11.6. The van der Waals surface area contributed by atoms with Crippen molar-refractivity contribution in [3.8, 4) is 0 Å². The van der Waals surface area contributed by atoms with Gasteiger partial charge in [-0.15, -0.1) is 0 Å². The van der Waals surface area contributed by atoms with Gasteiger partial charge in [-0.1, -0.05) is 31.5 Å². The second kappa shape index (κ2) is 6.32. The summed E-state index contributed by atoms with van der Waals surface area (Å²) >= 11 is 6.17. The molecule has 1 aliphatic carbocycles. The van der Waals surface area contributed by atoms with E-state index < -0.39 is 0 Å². The molecule has 0 atom stereocenters. The van der Waals surface area contributed by atoms with Crippen molar-refractivity contribution in [2.75, 3.05) is 0 Å². The molecule has 1 fully saturated rings. The summed E-state index contributed by atoms with van der Waals surface area (Å²) in [6, 6.07) is 4.82. The summed E-state index contributed by atoms with van der Waals surface area (Å²) < 4.78 is 0. The quantitative estimate of drug-likeness (QED) is 0.664. The molecular weight excluding hydrogens is 288 g/mol. The molecule has 2 rings (SSSR count). The van der Waals surface area contributed by atoms with Gasteiger partial charge in [0.25, 0.3) is 5.69 Å². The standard InChI is InChI=1S/C16H23ClN2O2/c1-11(2)12-6-8-16(18,9-7-12)10-13-14(17)4-3-5-15(13)19(20)21/h3-5,11-12H,6-10,18H2,1-2H3. The van der Waals surface area contributed by atoms with Crippen LogP contribution in [0, 0.1) is 22.0 Å². The summed E-state index contributed by atoms with van der Waals surface area (Å²) in [7, 11) is 0. The van der Waals surface area contributed by atoms with Crippen LogP contribution in [0.1, 0.15) is 45.1 Å². The minimum Gasteiger partial charge on any atom is -0.325 e. The van der Waals surface area contributed by atoms with Crippen LogP contribution < -0.4 is 5.73 Å². The van der Waals surface area contributed by atoms with Crippen LogP contribution in [0.25, 0.3) is 0 Å². The van der Waals surface area contributed by atoms with Crippen molar-refractivity contribution in [1.82, 2.24) is 0 Å². The highest BCUT2D eigenvalue weighted by atomic mass is 35.5. The predicted molar refractivity (Wildman–Crippen MR) is 85.5 cm³/mol. The molecule has 0 aliphatic heterocycles. The number of nitro benzene ring substituents is 1. The Labute approximate surface area is 130 Å². The number of nitrogens with two attached hydrogens (primary N) is 1. The van der Waals surface area contributed by atoms with Gasteiger partial charge in [0, 0.05) is 11.6 Å². The maximum atomic E-state index is 11.2. The third-order valence-electron chi connectivity index (χ3n) is 4.79. The summed E-state index contributed by atoms with van der Waals surface area (Å²) in [5.74, 6) is 1.38. The molecule has 21 heavy (non-hydrogen) atoms. The maximum Gasteiger partial charge on any atom is 0.274 e. The van der Waals surface area contributed by atoms with Gasteiger partial charge in [-0.25, -0.2) is 0 Å². The predicted octanol–water partition coefficient (Wildman–Crippen LogP) is 4.33. The van der Waals surface area contributed by atoms with Crippen LogP contribution in [0.15, 0.2) is 18.2 Å². The molecule has 0 unspecified atom stereocenters. The van der Waals surface area contributed by atoms with Crippen molar-refractivity contribution < 1.29 is 4.92 Å². The largest absolute Gasteiger partial charge is 0.325 e. The summed E-state index contributed by atoms with van der Waals surface area (Å²) in [6.07, 6.45) is 4.46. The molecule has 2 N–H and O–H groups in total. The number of hydrogen-bond acceptors (Lipinski definition) is 3. The van der Waals surface area contributed by atoms with Gasteiger partial charge in [-0.2, -0.15) is 0 Å². The van der Waals surface area contributed by atoms with Crippen LogP contribution in [0.2, 0.25) is 5.02 Å². The first-order valence-electron chi connectivity index (χ1n) is 7.53. The average molecular weight is 311 g/mol. The Morgan fingerprint density at radius 1 is 1.43 bits per heavy atom. The van der Waals surface area contributed by atoms with E-state index >= 15 is 0 Å². The third kappa shape index (κ3) is 3.74. The number of benzene rings is 1. The van der Waals surface area contributed by atoms with E-state index in [1.807, 2.05) is 0 Å². The molecule has 0 spiro atoms. The minimum atomic E-state index is -0.374. The number of nitro groups is 1. The fraction of sp³-hybridized carbons (Fsp3) is 0.625. The zero-order valence-corrected chi connectivity index (χ0v) is 13.4. The Balaban J connectivity index is 2.17. The molecule has 0 radical (unpaired) electrons. The maximum absolute atomic E-state index is 11.2. The van der Waals surface area contributed by atoms with Gasteiger partial charge in [-0.05, 0) is 50.0 Å². The Kier molecular flexibility index (Phi) is 4.89. The monoisotopic (exact) mass is 310 g/mol. The van der Waals surface area contributed by atoms with Crippen LogP contribution in [-0.4, -0.2) is 10.5 Å². The Bertz CT molecular complexity index is 523. The highest BCUT2D eigenvalue weighted by Gasteiger charge is 2.35. The first-order valence-corrected chi connectivity index (χ1v) is 7.91. The lowest BCUT2D eigenvalue weighted by atomic mass is 9.71. The summed E-state index contributed by atoms with van der Waals surface area (Å²) in [4.78, 5) is 10.8. The second-order valence-electron chi connectivity index (χ2n) is 6.62. The zero-order chi connectivity index (χ0) is 15.6. The normalized spacial score (nSPS) is 26.0. The average Bonchev–Trinajstić information content (AvgIpc) is 2.41. The molecule has 4 nitrogen and oxygen atoms in total. The van der Waals surface area contributed by atoms with E-state index in [1.165, 1.54) is 6.07 Å². The van der Waals surface area contributed by atoms with Crippen LogP contribution in [0.4, 0.5) is 5.69 Å². The van der Waals surface area contributed by atoms with Crippen molar-refractivity contribution in [2.24, 2.45) is 17.6 Å². The van der Waals surface area contributed by atoms with Gasteiger partial charge in [-0.3, -0.25) is 10.1 Å². The minimum absolute atomic E-state index is 0.0818. The van der Waals surface area contributed by atoms with Crippen molar-refractivity contribution in [3.63, 3.8) is 0 Å². The first kappa shape index (κ1) is 16.2. The van der Waals surface area contributed by atoms with E-state index in [4.69, 9.17) is 17.3 Å². The summed E-state index contributed by atoms with van der Waals surface area (Å²) in [6.45, 7) is 4.49. The van der Waals surface area contributed by atoms with Crippen molar-refractivity contribution in [1.29, 1.82) is 0 Å². The Hall–Kier alpha value is -1.13. The highest BCUT2D eigenvalue weighted by molar-refractivity contribution is 6.31. The number of nitrogens with zero attached hydrogens (tertiary/aromatic N) is 1. The van der Waals surface area contributed by atoms with Gasteiger partial charge in [0.2, 0.25) is 0 Å². The number of rotatable bonds is 4. The van der Waals surface area contributed by atoms with Gasteiger partial charge >= 0.3 is 0 Å². The number of hydrogen-bond donors (Lipinski definition) is 1. The smallest absolute Gasteiger partial charge is 0.274 e. The van der Waals surface area contributed by atoms with E-state index in [2.05, 4.69) is 13.8 Å². The van der Waals surface area contributed by atoms with E-state index in [-0.39, 0.29) is 16.1 Å². The van der Waals surface area contributed by atoms with Crippen LogP contribution >= 0.6 is 11.6 Å². The molecule has 1 aromatic carbocycles. The summed E-state index contributed by atoms with van der Waals surface area (Å²) in [5.41, 5.74) is 6.80. The van der Waals surface area contributed by atoms with Crippen LogP contribution in [0.5, 0.6) is 0 Å². The van der Waals surface area contributed by atoms with E-state index in [1.54, 1.807) is 12.1 Å². The fourth-order valence-corrected chi connectivity index (χ4v) is 3.54. The van der Waals surface area contributed by atoms with Gasteiger partial charge in [0.05, 0.1) is 15.5 Å². The molecule has 1 saturated carbocycles. The Morgan fingerprint density at radius 2 is 2.05 bits per heavy atom. The lowest BCUT2D eigenvalue weighted by Gasteiger charge is -2.38. The van der Waals surface area contributed by atoms with Gasteiger partial charge < -0.3 is 5.73 Å². The van der Waals surface area contributed by atoms with Crippen molar-refractivity contribution >= 4 is 17.3 Å². The molecule has 116 valence electrons. The fourth-order valence-electron chi connectivity index (χ4n) is 3.30. The molecule has 5 heteroatoms. The molecule has 1 aliphatic rings. The molecule has 0 heterocycles. The zero-order valence-electron chi connectivity index (χ0n) is 12.6.